The first kappa shape index (κ1) is 12.2. The summed E-state index contributed by atoms with van der Waals surface area (Å²) < 4.78 is 10.8. The number of nitrogens with two attached hydrogens (primary N) is 1. The summed E-state index contributed by atoms with van der Waals surface area (Å²) in [5, 5.41) is 0.867. The third-order valence-corrected chi connectivity index (χ3v) is 2.94. The monoisotopic (exact) mass is 268 g/mol. The van der Waals surface area contributed by atoms with Gasteiger partial charge in [0, 0.05) is 23.7 Å². The van der Waals surface area contributed by atoms with Crippen LogP contribution in [-0.4, -0.2) is 4.98 Å². The Bertz CT molecular complexity index is 840. The molecule has 2 N–H and O–H groups in total. The Hall–Kier alpha value is -2.82. The minimum atomic E-state index is -0.385. The third-order valence-electron chi connectivity index (χ3n) is 2.94. The van der Waals surface area contributed by atoms with E-state index in [1.165, 1.54) is 6.07 Å². The molecule has 100 valence electrons. The summed E-state index contributed by atoms with van der Waals surface area (Å²) in [4.78, 5) is 15.4. The van der Waals surface area contributed by atoms with Gasteiger partial charge in [-0.2, -0.15) is 0 Å². The van der Waals surface area contributed by atoms with Crippen LogP contribution in [0, 0.1) is 6.92 Å². The molecule has 0 saturated carbocycles. The van der Waals surface area contributed by atoms with Gasteiger partial charge < -0.3 is 14.9 Å². The van der Waals surface area contributed by atoms with Gasteiger partial charge in [0.15, 0.2) is 0 Å². The summed E-state index contributed by atoms with van der Waals surface area (Å²) in [6.45, 7) is 1.86. The molecule has 0 saturated heterocycles. The van der Waals surface area contributed by atoms with E-state index in [2.05, 4.69) is 4.98 Å². The maximum Gasteiger partial charge on any atom is 0.336 e. The molecule has 0 aliphatic carbocycles. The number of aromatic nitrogens is 1. The molecule has 0 radical (unpaired) electrons. The third kappa shape index (κ3) is 2.21. The fourth-order valence-corrected chi connectivity index (χ4v) is 1.97. The number of nitrogen functional groups attached to an aromatic ring is 1. The van der Waals surface area contributed by atoms with Crippen LogP contribution >= 0.6 is 0 Å². The van der Waals surface area contributed by atoms with E-state index in [1.54, 1.807) is 30.5 Å². The molecule has 0 atom stereocenters. The average molecular weight is 268 g/mol. The van der Waals surface area contributed by atoms with E-state index < -0.39 is 0 Å². The summed E-state index contributed by atoms with van der Waals surface area (Å²) in [6, 6.07) is 10.2. The molecule has 0 fully saturated rings. The molecule has 5 heteroatoms. The highest BCUT2D eigenvalue weighted by Crippen LogP contribution is 2.27. The average Bonchev–Trinajstić information content (AvgIpc) is 2.41. The zero-order valence-corrected chi connectivity index (χ0v) is 10.8. The molecule has 0 bridgehead atoms. The van der Waals surface area contributed by atoms with E-state index in [0.29, 0.717) is 22.9 Å². The van der Waals surface area contributed by atoms with Gasteiger partial charge in [-0.15, -0.1) is 0 Å². The van der Waals surface area contributed by atoms with E-state index in [-0.39, 0.29) is 5.63 Å². The molecule has 2 aromatic heterocycles. The van der Waals surface area contributed by atoms with Crippen molar-refractivity contribution in [2.75, 3.05) is 5.73 Å². The van der Waals surface area contributed by atoms with Gasteiger partial charge in [0.1, 0.15) is 11.3 Å². The summed E-state index contributed by atoms with van der Waals surface area (Å²) in [6.07, 6.45) is 1.59. The number of fused-ring (bicyclic) bond motifs is 1. The molecule has 0 amide bonds. The largest absolute Gasteiger partial charge is 0.437 e. The molecule has 0 spiro atoms. The Morgan fingerprint density at radius 3 is 2.90 bits per heavy atom. The highest BCUT2D eigenvalue weighted by molar-refractivity contribution is 5.81. The Balaban J connectivity index is 2.05. The van der Waals surface area contributed by atoms with Gasteiger partial charge >= 0.3 is 5.63 Å². The highest BCUT2D eigenvalue weighted by atomic mass is 16.5. The smallest absolute Gasteiger partial charge is 0.336 e. The van der Waals surface area contributed by atoms with E-state index in [0.717, 1.165) is 10.9 Å². The highest BCUT2D eigenvalue weighted by Gasteiger charge is 2.07. The summed E-state index contributed by atoms with van der Waals surface area (Å²) in [5.74, 6) is 0.832. The van der Waals surface area contributed by atoms with Crippen LogP contribution in [0.4, 0.5) is 5.69 Å². The Kier molecular flexibility index (Phi) is 2.87. The van der Waals surface area contributed by atoms with E-state index in [1.807, 2.05) is 13.0 Å². The van der Waals surface area contributed by atoms with Crippen LogP contribution in [-0.2, 0) is 0 Å². The van der Waals surface area contributed by atoms with Crippen molar-refractivity contribution in [3.8, 4) is 11.6 Å². The molecule has 0 aliphatic heterocycles. The molecule has 3 aromatic rings. The van der Waals surface area contributed by atoms with Crippen LogP contribution in [0.1, 0.15) is 5.56 Å². The molecular formula is C15H12N2O3. The Morgan fingerprint density at radius 2 is 2.10 bits per heavy atom. The molecular weight excluding hydrogens is 256 g/mol. The van der Waals surface area contributed by atoms with Gasteiger partial charge in [-0.1, -0.05) is 0 Å². The lowest BCUT2D eigenvalue weighted by Gasteiger charge is -2.07. The second-order valence-corrected chi connectivity index (χ2v) is 4.41. The van der Waals surface area contributed by atoms with Crippen LogP contribution in [0.3, 0.4) is 0 Å². The number of hydrogen-bond acceptors (Lipinski definition) is 5. The Labute approximate surface area is 114 Å². The molecule has 5 nitrogen and oxygen atoms in total. The molecule has 0 aliphatic rings. The number of hydrogen-bond donors (Lipinski definition) is 1. The lowest BCUT2D eigenvalue weighted by Crippen LogP contribution is -1.98. The molecule has 1 aromatic carbocycles. The Morgan fingerprint density at radius 1 is 1.25 bits per heavy atom. The van der Waals surface area contributed by atoms with Crippen LogP contribution in [0.15, 0.2) is 51.8 Å². The summed E-state index contributed by atoms with van der Waals surface area (Å²) in [5.41, 5.74) is 7.16. The number of rotatable bonds is 2. The van der Waals surface area contributed by atoms with Crippen molar-refractivity contribution in [2.45, 2.75) is 6.92 Å². The van der Waals surface area contributed by atoms with E-state index in [9.17, 15) is 4.79 Å². The predicted octanol–water partition coefficient (Wildman–Crippen LogP) is 2.87. The first-order valence-corrected chi connectivity index (χ1v) is 6.06. The number of pyridine rings is 1. The fraction of sp³-hybridized carbons (Fsp3) is 0.0667. The van der Waals surface area contributed by atoms with Crippen molar-refractivity contribution >= 4 is 16.7 Å². The molecule has 3 rings (SSSR count). The number of nitrogens with zero attached hydrogens (tertiary/aromatic N) is 1. The number of anilines is 1. The first-order valence-electron chi connectivity index (χ1n) is 6.06. The summed E-state index contributed by atoms with van der Waals surface area (Å²) in [7, 11) is 0. The maximum absolute atomic E-state index is 11.4. The van der Waals surface area contributed by atoms with Gasteiger partial charge in [0.2, 0.25) is 5.88 Å². The van der Waals surface area contributed by atoms with Crippen molar-refractivity contribution in [3.05, 3.63) is 58.6 Å². The normalized spacial score (nSPS) is 10.7. The number of aryl methyl sites for hydroxylation is 1. The van der Waals surface area contributed by atoms with Gasteiger partial charge in [0.05, 0.1) is 5.69 Å². The van der Waals surface area contributed by atoms with Crippen LogP contribution in [0.2, 0.25) is 0 Å². The zero-order chi connectivity index (χ0) is 14.1. The molecule has 2 heterocycles. The van der Waals surface area contributed by atoms with Crippen molar-refractivity contribution < 1.29 is 9.15 Å². The van der Waals surface area contributed by atoms with Gasteiger partial charge in [-0.25, -0.2) is 9.78 Å². The van der Waals surface area contributed by atoms with E-state index >= 15 is 0 Å². The van der Waals surface area contributed by atoms with Crippen LogP contribution in [0.25, 0.3) is 11.0 Å². The van der Waals surface area contributed by atoms with Gasteiger partial charge in [-0.3, -0.25) is 0 Å². The zero-order valence-electron chi connectivity index (χ0n) is 10.8. The standard InChI is InChI=1S/C15H12N2O3/c1-9-7-14(18)20-13-8-10(4-5-11(9)13)19-15-12(16)3-2-6-17-15/h2-8H,16H2,1H3. The van der Waals surface area contributed by atoms with Gasteiger partial charge in [-0.05, 0) is 36.8 Å². The van der Waals surface area contributed by atoms with Crippen molar-refractivity contribution in [2.24, 2.45) is 0 Å². The summed E-state index contributed by atoms with van der Waals surface area (Å²) >= 11 is 0. The minimum absolute atomic E-state index is 0.321. The second-order valence-electron chi connectivity index (χ2n) is 4.41. The number of ether oxygens (including phenoxy) is 1. The molecule has 0 unspecified atom stereocenters. The lowest BCUT2D eigenvalue weighted by molar-refractivity contribution is 0.464. The minimum Gasteiger partial charge on any atom is -0.437 e. The topological polar surface area (TPSA) is 78.3 Å². The van der Waals surface area contributed by atoms with Crippen LogP contribution < -0.4 is 16.1 Å². The SMILES string of the molecule is Cc1cc(=O)oc2cc(Oc3ncccc3N)ccc12. The molecule has 20 heavy (non-hydrogen) atoms. The predicted molar refractivity (Wildman–Crippen MR) is 75.9 cm³/mol. The van der Waals surface area contributed by atoms with Gasteiger partial charge in [0.25, 0.3) is 0 Å². The fourth-order valence-electron chi connectivity index (χ4n) is 1.97. The lowest BCUT2D eigenvalue weighted by atomic mass is 10.1. The van der Waals surface area contributed by atoms with E-state index in [4.69, 9.17) is 14.9 Å². The number of benzene rings is 1. The quantitative estimate of drug-likeness (QED) is 0.723. The van der Waals surface area contributed by atoms with Crippen LogP contribution in [0.5, 0.6) is 11.6 Å². The van der Waals surface area contributed by atoms with Crippen molar-refractivity contribution in [3.63, 3.8) is 0 Å². The second kappa shape index (κ2) is 4.70. The van der Waals surface area contributed by atoms with Crippen molar-refractivity contribution in [1.29, 1.82) is 0 Å². The first-order chi connectivity index (χ1) is 9.63. The van der Waals surface area contributed by atoms with Crippen molar-refractivity contribution in [1.82, 2.24) is 4.98 Å². The maximum atomic E-state index is 11.4.